The first kappa shape index (κ1) is 23.5. The van der Waals surface area contributed by atoms with E-state index in [1.54, 1.807) is 4.90 Å². The molecule has 1 aromatic heterocycles. The van der Waals surface area contributed by atoms with Gasteiger partial charge in [-0.2, -0.15) is 0 Å². The summed E-state index contributed by atoms with van der Waals surface area (Å²) < 4.78 is 5.16. The Labute approximate surface area is 190 Å². The topological polar surface area (TPSA) is 105 Å². The van der Waals surface area contributed by atoms with E-state index >= 15 is 0 Å². The summed E-state index contributed by atoms with van der Waals surface area (Å²) in [7, 11) is 0. The second-order valence-electron chi connectivity index (χ2n) is 7.64. The van der Waals surface area contributed by atoms with Crippen LogP contribution in [0.25, 0.3) is 0 Å². The highest BCUT2D eigenvalue weighted by Gasteiger charge is 2.28. The van der Waals surface area contributed by atoms with Gasteiger partial charge >= 0.3 is 5.97 Å². The summed E-state index contributed by atoms with van der Waals surface area (Å²) >= 11 is 1.43. The molecule has 0 aliphatic carbocycles. The number of hydrogen-bond donors (Lipinski definition) is 2. The molecule has 0 saturated carbocycles. The lowest BCUT2D eigenvalue weighted by Crippen LogP contribution is -2.43. The molecule has 1 aromatic carbocycles. The third-order valence-corrected chi connectivity index (χ3v) is 6.24. The molecule has 3 amide bonds. The maximum atomic E-state index is 12.4. The molecule has 8 nitrogen and oxygen atoms in total. The van der Waals surface area contributed by atoms with Crippen LogP contribution in [0, 0.1) is 5.92 Å². The molecule has 2 N–H and O–H groups in total. The predicted octanol–water partition coefficient (Wildman–Crippen LogP) is 2.74. The summed E-state index contributed by atoms with van der Waals surface area (Å²) in [6.45, 7) is 1.91. The van der Waals surface area contributed by atoms with Crippen molar-refractivity contribution in [1.29, 1.82) is 0 Å². The van der Waals surface area contributed by atoms with Gasteiger partial charge in [-0.05, 0) is 36.4 Å². The lowest BCUT2D eigenvalue weighted by atomic mass is 9.95. The molecule has 0 radical (unpaired) electrons. The number of esters is 1. The van der Waals surface area contributed by atoms with Gasteiger partial charge in [0.05, 0.1) is 12.5 Å². The van der Waals surface area contributed by atoms with Gasteiger partial charge in [0.15, 0.2) is 6.61 Å². The molecule has 3 rings (SSSR count). The number of thiophene rings is 1. The van der Waals surface area contributed by atoms with Crippen LogP contribution < -0.4 is 10.6 Å². The lowest BCUT2D eigenvalue weighted by molar-refractivity contribution is -0.153. The molecule has 1 fully saturated rings. The molecular formula is C23H27N3O5S. The smallest absolute Gasteiger partial charge is 0.308 e. The zero-order valence-corrected chi connectivity index (χ0v) is 18.7. The number of anilines is 1. The monoisotopic (exact) mass is 457 g/mol. The quantitative estimate of drug-likeness (QED) is 0.593. The number of hydrogen-bond acceptors (Lipinski definition) is 6. The molecule has 1 unspecified atom stereocenters. The van der Waals surface area contributed by atoms with Gasteiger partial charge in [0.1, 0.15) is 0 Å². The normalized spacial score (nSPS) is 15.0. The minimum atomic E-state index is -0.553. The summed E-state index contributed by atoms with van der Waals surface area (Å²) in [6, 6.07) is 12.5. The highest BCUT2D eigenvalue weighted by Crippen LogP contribution is 2.23. The largest absolute Gasteiger partial charge is 0.455 e. The Hall–Kier alpha value is -3.20. The molecule has 2 heterocycles. The summed E-state index contributed by atoms with van der Waals surface area (Å²) in [6.07, 6.45) is 1.07. The number of ether oxygens (including phenoxy) is 1. The summed E-state index contributed by atoms with van der Waals surface area (Å²) in [5.74, 6) is -1.29. The molecule has 2 aromatic rings. The molecule has 0 bridgehead atoms. The van der Waals surface area contributed by atoms with Crippen LogP contribution in [0.2, 0.25) is 0 Å². The van der Waals surface area contributed by atoms with Crippen LogP contribution in [0.1, 0.15) is 37.1 Å². The van der Waals surface area contributed by atoms with Gasteiger partial charge < -0.3 is 20.3 Å². The minimum Gasteiger partial charge on any atom is -0.455 e. The van der Waals surface area contributed by atoms with Crippen LogP contribution in [-0.4, -0.2) is 48.3 Å². The first-order chi connectivity index (χ1) is 15.4. The molecule has 1 aliphatic heterocycles. The van der Waals surface area contributed by atoms with Crippen molar-refractivity contribution < 1.29 is 23.9 Å². The third-order valence-electron chi connectivity index (χ3n) is 5.25. The van der Waals surface area contributed by atoms with E-state index in [1.807, 2.05) is 47.8 Å². The Morgan fingerprint density at radius 2 is 1.81 bits per heavy atom. The lowest BCUT2D eigenvalue weighted by Gasteiger charge is -2.31. The van der Waals surface area contributed by atoms with E-state index in [9.17, 15) is 19.2 Å². The molecule has 1 aliphatic rings. The zero-order valence-electron chi connectivity index (χ0n) is 17.9. The fourth-order valence-electron chi connectivity index (χ4n) is 3.57. The Balaban J connectivity index is 1.41. The average molecular weight is 458 g/mol. The van der Waals surface area contributed by atoms with Crippen LogP contribution in [0.4, 0.5) is 5.69 Å². The number of carbonyl (C=O) groups is 4. The van der Waals surface area contributed by atoms with Crippen molar-refractivity contribution in [3.63, 3.8) is 0 Å². The standard InChI is InChI=1S/C23H27N3O5S/c1-16(27)24-19(20-8-5-13-32-20)14-22(29)31-15-21(28)26-11-9-17(10-12-26)23(30)25-18-6-3-2-4-7-18/h2-8,13,17,19H,9-12,14-15H2,1H3,(H,24,27)(H,25,30). The first-order valence-corrected chi connectivity index (χ1v) is 11.4. The van der Waals surface area contributed by atoms with E-state index in [0.29, 0.717) is 25.9 Å². The number of para-hydroxylation sites is 1. The van der Waals surface area contributed by atoms with E-state index in [4.69, 9.17) is 4.74 Å². The van der Waals surface area contributed by atoms with Crippen molar-refractivity contribution in [3.8, 4) is 0 Å². The maximum absolute atomic E-state index is 12.4. The van der Waals surface area contributed by atoms with Gasteiger partial charge in [-0.25, -0.2) is 0 Å². The van der Waals surface area contributed by atoms with Gasteiger partial charge in [-0.3, -0.25) is 19.2 Å². The summed E-state index contributed by atoms with van der Waals surface area (Å²) in [4.78, 5) is 51.0. The number of carbonyl (C=O) groups excluding carboxylic acids is 4. The fraction of sp³-hybridized carbons (Fsp3) is 0.391. The molecular weight excluding hydrogens is 430 g/mol. The van der Waals surface area contributed by atoms with Gasteiger partial charge in [-0.15, -0.1) is 11.3 Å². The Morgan fingerprint density at radius 1 is 1.09 bits per heavy atom. The van der Waals surface area contributed by atoms with Crippen LogP contribution in [-0.2, 0) is 23.9 Å². The number of rotatable bonds is 8. The molecule has 0 spiro atoms. The van der Waals surface area contributed by atoms with E-state index in [2.05, 4.69) is 10.6 Å². The number of nitrogens with zero attached hydrogens (tertiary/aromatic N) is 1. The number of amides is 3. The Morgan fingerprint density at radius 3 is 2.44 bits per heavy atom. The first-order valence-electron chi connectivity index (χ1n) is 10.5. The molecule has 1 saturated heterocycles. The van der Waals surface area contributed by atoms with Crippen LogP contribution in [0.15, 0.2) is 47.8 Å². The summed E-state index contributed by atoms with van der Waals surface area (Å²) in [5, 5.41) is 7.50. The SMILES string of the molecule is CC(=O)NC(CC(=O)OCC(=O)N1CCC(C(=O)Nc2ccccc2)CC1)c1cccs1. The minimum absolute atomic E-state index is 0.0465. The zero-order chi connectivity index (χ0) is 22.9. The Bertz CT molecular complexity index is 924. The second kappa shape index (κ2) is 11.4. The van der Waals surface area contributed by atoms with Crippen LogP contribution in [0.3, 0.4) is 0 Å². The van der Waals surface area contributed by atoms with Crippen molar-refractivity contribution >= 4 is 40.7 Å². The van der Waals surface area contributed by atoms with Crippen molar-refractivity contribution in [2.75, 3.05) is 25.0 Å². The average Bonchev–Trinajstić information content (AvgIpc) is 3.32. The highest BCUT2D eigenvalue weighted by molar-refractivity contribution is 7.10. The van der Waals surface area contributed by atoms with Gasteiger partial charge in [0, 0.05) is 36.5 Å². The van der Waals surface area contributed by atoms with Crippen molar-refractivity contribution in [3.05, 3.63) is 52.7 Å². The van der Waals surface area contributed by atoms with Gasteiger partial charge in [-0.1, -0.05) is 24.3 Å². The van der Waals surface area contributed by atoms with E-state index in [-0.39, 0.29) is 36.7 Å². The number of nitrogens with one attached hydrogen (secondary N) is 2. The molecule has 32 heavy (non-hydrogen) atoms. The van der Waals surface area contributed by atoms with Crippen molar-refractivity contribution in [2.45, 2.75) is 32.2 Å². The maximum Gasteiger partial charge on any atom is 0.308 e. The van der Waals surface area contributed by atoms with Crippen molar-refractivity contribution in [1.82, 2.24) is 10.2 Å². The number of piperidine rings is 1. The Kier molecular flexibility index (Phi) is 8.38. The third kappa shape index (κ3) is 6.91. The van der Waals surface area contributed by atoms with Crippen LogP contribution >= 0.6 is 11.3 Å². The summed E-state index contributed by atoms with van der Waals surface area (Å²) in [5.41, 5.74) is 0.753. The fourth-order valence-corrected chi connectivity index (χ4v) is 4.35. The predicted molar refractivity (Wildman–Crippen MR) is 121 cm³/mol. The number of likely N-dealkylation sites (tertiary alicyclic amines) is 1. The van der Waals surface area contributed by atoms with Crippen molar-refractivity contribution in [2.24, 2.45) is 5.92 Å². The molecule has 170 valence electrons. The van der Waals surface area contributed by atoms with Gasteiger partial charge in [0.25, 0.3) is 5.91 Å². The molecule has 9 heteroatoms. The van der Waals surface area contributed by atoms with Gasteiger partial charge in [0.2, 0.25) is 11.8 Å². The van der Waals surface area contributed by atoms with E-state index in [1.165, 1.54) is 18.3 Å². The van der Waals surface area contributed by atoms with E-state index in [0.717, 1.165) is 10.6 Å². The van der Waals surface area contributed by atoms with E-state index < -0.39 is 12.0 Å². The highest BCUT2D eigenvalue weighted by atomic mass is 32.1. The van der Waals surface area contributed by atoms with Crippen LogP contribution in [0.5, 0.6) is 0 Å². The molecule has 1 atom stereocenters. The second-order valence-corrected chi connectivity index (χ2v) is 8.62. The number of benzene rings is 1.